The number of anilines is 1. The maximum atomic E-state index is 14.8. The van der Waals surface area contributed by atoms with Crippen molar-refractivity contribution in [1.82, 2.24) is 10.3 Å². The molecule has 1 aliphatic rings. The van der Waals surface area contributed by atoms with Crippen LogP contribution < -0.4 is 9.74 Å². The second kappa shape index (κ2) is 7.01. The third-order valence-electron chi connectivity index (χ3n) is 3.77. The van der Waals surface area contributed by atoms with E-state index in [9.17, 15) is 13.6 Å². The molecule has 3 rings (SSSR count). The molecule has 1 aromatic heterocycles. The van der Waals surface area contributed by atoms with E-state index in [0.717, 1.165) is 0 Å². The van der Waals surface area contributed by atoms with Gasteiger partial charge >= 0.3 is 0 Å². The first kappa shape index (κ1) is 17.1. The highest BCUT2D eigenvalue weighted by atomic mass is 35.5. The van der Waals surface area contributed by atoms with E-state index in [1.807, 2.05) is 0 Å². The quantitative estimate of drug-likeness (QED) is 0.836. The number of nitrogens with zero attached hydrogens (tertiary/aromatic N) is 2. The highest BCUT2D eigenvalue weighted by molar-refractivity contribution is 6.37. The van der Waals surface area contributed by atoms with E-state index in [1.165, 1.54) is 18.3 Å². The van der Waals surface area contributed by atoms with Crippen molar-refractivity contribution in [2.75, 3.05) is 11.0 Å². The number of pyridine rings is 1. The molecular formula is C16H13Cl2F2N3O. The van der Waals surface area contributed by atoms with E-state index in [4.69, 9.17) is 23.4 Å². The van der Waals surface area contributed by atoms with Crippen LogP contribution in [0.3, 0.4) is 0 Å². The van der Waals surface area contributed by atoms with Crippen LogP contribution in [0.5, 0.6) is 0 Å². The van der Waals surface area contributed by atoms with Crippen molar-refractivity contribution in [2.45, 2.75) is 18.6 Å². The van der Waals surface area contributed by atoms with Crippen molar-refractivity contribution < 1.29 is 13.6 Å². The van der Waals surface area contributed by atoms with E-state index < -0.39 is 23.9 Å². The molecule has 8 heteroatoms. The number of hydrogen-bond donors (Lipinski definition) is 1. The van der Waals surface area contributed by atoms with E-state index >= 15 is 0 Å². The van der Waals surface area contributed by atoms with Crippen LogP contribution in [-0.2, 0) is 4.79 Å². The Labute approximate surface area is 147 Å². The Kier molecular flexibility index (Phi) is 4.99. The minimum Gasteiger partial charge on any atom is -0.303 e. The Morgan fingerprint density at radius 1 is 1.33 bits per heavy atom. The first-order valence-electron chi connectivity index (χ1n) is 7.25. The summed E-state index contributed by atoms with van der Waals surface area (Å²) in [6.45, 7) is 0.0766. The van der Waals surface area contributed by atoms with Crippen molar-refractivity contribution >= 4 is 35.0 Å². The lowest BCUT2D eigenvalue weighted by Gasteiger charge is -2.19. The van der Waals surface area contributed by atoms with Crippen molar-refractivity contribution in [1.29, 1.82) is 0 Å². The third kappa shape index (κ3) is 3.22. The Morgan fingerprint density at radius 2 is 2.12 bits per heavy atom. The number of benzene rings is 1. The first-order chi connectivity index (χ1) is 11.5. The van der Waals surface area contributed by atoms with Gasteiger partial charge in [-0.3, -0.25) is 9.78 Å². The molecule has 1 aliphatic heterocycles. The number of nitrogens with one attached hydrogen (secondary N) is 1. The van der Waals surface area contributed by atoms with Crippen molar-refractivity contribution in [3.05, 3.63) is 47.4 Å². The summed E-state index contributed by atoms with van der Waals surface area (Å²) in [7, 11) is 0. The van der Waals surface area contributed by atoms with E-state index in [2.05, 4.69) is 10.3 Å². The summed E-state index contributed by atoms with van der Waals surface area (Å²) in [6.07, 6.45) is 0.378. The first-order valence-corrected chi connectivity index (χ1v) is 7.97. The van der Waals surface area contributed by atoms with Gasteiger partial charge in [-0.25, -0.2) is 13.2 Å². The number of rotatable bonds is 3. The molecule has 24 heavy (non-hydrogen) atoms. The van der Waals surface area contributed by atoms with Gasteiger partial charge in [0.15, 0.2) is 5.82 Å². The minimum atomic E-state index is -1.12. The Bertz CT molecular complexity index is 775. The van der Waals surface area contributed by atoms with E-state index in [1.54, 1.807) is 18.2 Å². The highest BCUT2D eigenvalue weighted by Crippen LogP contribution is 2.33. The van der Waals surface area contributed by atoms with Gasteiger partial charge < -0.3 is 5.32 Å². The third-order valence-corrected chi connectivity index (χ3v) is 4.43. The number of hydrogen-bond acceptors (Lipinski definition) is 3. The smallest absolute Gasteiger partial charge is 0.258 e. The summed E-state index contributed by atoms with van der Waals surface area (Å²) >= 11 is 12.1. The number of aromatic nitrogens is 1. The summed E-state index contributed by atoms with van der Waals surface area (Å²) in [5.41, 5.74) is 0.239. The maximum Gasteiger partial charge on any atom is 0.258 e. The lowest BCUT2D eigenvalue weighted by atomic mass is 10.1. The molecule has 2 atom stereocenters. The van der Waals surface area contributed by atoms with Crippen LogP contribution in [0, 0.1) is 5.82 Å². The number of halogens is 4. The predicted molar refractivity (Wildman–Crippen MR) is 89.3 cm³/mol. The van der Waals surface area contributed by atoms with Gasteiger partial charge in [0.05, 0.1) is 22.4 Å². The fourth-order valence-corrected chi connectivity index (χ4v) is 3.05. The predicted octanol–water partition coefficient (Wildman–Crippen LogP) is 3.73. The van der Waals surface area contributed by atoms with Gasteiger partial charge in [-0.05, 0) is 24.3 Å². The number of amides is 1. The van der Waals surface area contributed by atoms with Gasteiger partial charge in [-0.2, -0.15) is 0 Å². The topological polar surface area (TPSA) is 45.2 Å². The van der Waals surface area contributed by atoms with Crippen LogP contribution in [0.15, 0.2) is 36.5 Å². The second-order valence-corrected chi connectivity index (χ2v) is 6.13. The van der Waals surface area contributed by atoms with Gasteiger partial charge in [0, 0.05) is 36.5 Å². The SMILES string of the molecule is O=C([C@@H]1C[C@@H](F)CN1)N(Cl)c1cccc(-c2ncccc2Cl)c1F. The maximum absolute atomic E-state index is 14.8. The molecule has 2 aromatic rings. The monoisotopic (exact) mass is 371 g/mol. The molecule has 0 radical (unpaired) electrons. The van der Waals surface area contributed by atoms with Gasteiger partial charge in [-0.1, -0.05) is 17.7 Å². The zero-order chi connectivity index (χ0) is 17.3. The van der Waals surface area contributed by atoms with Crippen molar-refractivity contribution in [3.63, 3.8) is 0 Å². The largest absolute Gasteiger partial charge is 0.303 e. The summed E-state index contributed by atoms with van der Waals surface area (Å²) in [5.74, 6) is -1.34. The molecule has 126 valence electrons. The molecule has 1 N–H and O–H groups in total. The molecule has 0 aliphatic carbocycles. The molecule has 2 heterocycles. The van der Waals surface area contributed by atoms with Crippen LogP contribution in [-0.4, -0.2) is 29.6 Å². The molecule has 0 unspecified atom stereocenters. The average molecular weight is 372 g/mol. The van der Waals surface area contributed by atoms with E-state index in [0.29, 0.717) is 4.42 Å². The second-order valence-electron chi connectivity index (χ2n) is 5.39. The summed E-state index contributed by atoms with van der Waals surface area (Å²) in [6, 6.07) is 6.84. The molecule has 0 saturated carbocycles. The number of carbonyl (C=O) groups excluding carboxylic acids is 1. The van der Waals surface area contributed by atoms with Crippen LogP contribution in [0.2, 0.25) is 5.02 Å². The van der Waals surface area contributed by atoms with Gasteiger partial charge in [0.1, 0.15) is 6.17 Å². The van der Waals surface area contributed by atoms with Crippen LogP contribution >= 0.6 is 23.4 Å². The Balaban J connectivity index is 1.93. The number of carbonyl (C=O) groups is 1. The zero-order valence-corrected chi connectivity index (χ0v) is 13.9. The lowest BCUT2D eigenvalue weighted by molar-refractivity contribution is -0.119. The van der Waals surface area contributed by atoms with Gasteiger partial charge in [-0.15, -0.1) is 0 Å². The molecular weight excluding hydrogens is 359 g/mol. The molecule has 1 aromatic carbocycles. The van der Waals surface area contributed by atoms with Crippen LogP contribution in [0.4, 0.5) is 14.5 Å². The van der Waals surface area contributed by atoms with Crippen molar-refractivity contribution in [2.24, 2.45) is 0 Å². The van der Waals surface area contributed by atoms with Crippen molar-refractivity contribution in [3.8, 4) is 11.3 Å². The van der Waals surface area contributed by atoms with Gasteiger partial charge in [0.2, 0.25) is 0 Å². The molecule has 4 nitrogen and oxygen atoms in total. The van der Waals surface area contributed by atoms with E-state index in [-0.39, 0.29) is 34.9 Å². The standard InChI is InChI=1S/C16H13Cl2F2N3O/c17-11-4-2-6-21-15(11)10-3-1-5-13(14(10)20)23(18)16(24)12-7-9(19)8-22-12/h1-6,9,12,22H,7-8H2/t9-,12+/m1/s1. The average Bonchev–Trinajstić information content (AvgIpc) is 3.01. The molecule has 1 saturated heterocycles. The van der Waals surface area contributed by atoms with Crippen LogP contribution in [0.25, 0.3) is 11.3 Å². The zero-order valence-electron chi connectivity index (χ0n) is 12.3. The molecule has 0 spiro atoms. The summed E-state index contributed by atoms with van der Waals surface area (Å²) in [5, 5.41) is 3.00. The summed E-state index contributed by atoms with van der Waals surface area (Å²) < 4.78 is 28.7. The van der Waals surface area contributed by atoms with Crippen LogP contribution in [0.1, 0.15) is 6.42 Å². The fraction of sp³-hybridized carbons (Fsp3) is 0.250. The minimum absolute atomic E-state index is 0.00936. The van der Waals surface area contributed by atoms with Gasteiger partial charge in [0.25, 0.3) is 5.91 Å². The Morgan fingerprint density at radius 3 is 2.79 bits per heavy atom. The summed E-state index contributed by atoms with van der Waals surface area (Å²) in [4.78, 5) is 16.4. The number of alkyl halides is 1. The normalized spacial score (nSPS) is 20.2. The fourth-order valence-electron chi connectivity index (χ4n) is 2.57. The lowest BCUT2D eigenvalue weighted by Crippen LogP contribution is -2.39. The Hall–Kier alpha value is -1.76. The molecule has 1 fully saturated rings. The molecule has 1 amide bonds. The highest BCUT2D eigenvalue weighted by Gasteiger charge is 2.33. The molecule has 0 bridgehead atoms.